The summed E-state index contributed by atoms with van der Waals surface area (Å²) in [5.41, 5.74) is 0. The van der Waals surface area contributed by atoms with Gasteiger partial charge in [0, 0.05) is 19.3 Å². The number of hydrogen-bond acceptors (Lipinski definition) is 0. The third-order valence-corrected chi connectivity index (χ3v) is 1.82. The summed E-state index contributed by atoms with van der Waals surface area (Å²) in [6.45, 7) is 3.65. The summed E-state index contributed by atoms with van der Waals surface area (Å²) in [5, 5.41) is 0. The van der Waals surface area contributed by atoms with E-state index < -0.39 is 0 Å². The van der Waals surface area contributed by atoms with Crippen molar-refractivity contribution in [1.82, 2.24) is 0 Å². The number of terminal acetylenes is 1. The van der Waals surface area contributed by atoms with Gasteiger partial charge in [0.2, 0.25) is 0 Å². The van der Waals surface area contributed by atoms with Crippen molar-refractivity contribution in [1.29, 1.82) is 0 Å². The maximum absolute atomic E-state index is 5.13. The first-order chi connectivity index (χ1) is 7.41. The van der Waals surface area contributed by atoms with Crippen LogP contribution in [0, 0.1) is 36.0 Å². The van der Waals surface area contributed by atoms with E-state index in [4.69, 9.17) is 6.42 Å². The molecule has 0 rings (SSSR count). The third kappa shape index (κ3) is 12.4. The Hall–Kier alpha value is -1.58. The Bertz CT molecular complexity index is 306. The molecule has 0 aliphatic rings. The van der Waals surface area contributed by atoms with Crippen LogP contribution in [0.3, 0.4) is 0 Å². The lowest BCUT2D eigenvalue weighted by Crippen LogP contribution is -1.72. The molecule has 0 N–H and O–H groups in total. The van der Waals surface area contributed by atoms with Gasteiger partial charge >= 0.3 is 0 Å². The minimum absolute atomic E-state index is 0.856. The summed E-state index contributed by atoms with van der Waals surface area (Å²) < 4.78 is 0. The molecule has 0 aromatic heterocycles. The van der Waals surface area contributed by atoms with Gasteiger partial charge in [0.1, 0.15) is 0 Å². The van der Waals surface area contributed by atoms with Gasteiger partial charge in [-0.3, -0.25) is 0 Å². The molecule has 0 aliphatic carbocycles. The van der Waals surface area contributed by atoms with Crippen LogP contribution in [-0.4, -0.2) is 0 Å². The predicted molar refractivity (Wildman–Crippen MR) is 66.9 cm³/mol. The van der Waals surface area contributed by atoms with E-state index in [-0.39, 0.29) is 0 Å². The quantitative estimate of drug-likeness (QED) is 0.348. The van der Waals surface area contributed by atoms with Crippen molar-refractivity contribution in [3.63, 3.8) is 0 Å². The van der Waals surface area contributed by atoms with E-state index in [1.807, 2.05) is 6.08 Å². The zero-order chi connectivity index (χ0) is 11.2. The highest BCUT2D eigenvalue weighted by molar-refractivity contribution is 5.25. The van der Waals surface area contributed by atoms with Crippen LogP contribution in [0.2, 0.25) is 0 Å². The Morgan fingerprint density at radius 3 is 2.13 bits per heavy atom. The van der Waals surface area contributed by atoms with Crippen molar-refractivity contribution < 1.29 is 0 Å². The van der Waals surface area contributed by atoms with Gasteiger partial charge in [-0.1, -0.05) is 17.9 Å². The van der Waals surface area contributed by atoms with Gasteiger partial charge in [-0.05, 0) is 37.5 Å². The molecule has 0 bridgehead atoms. The van der Waals surface area contributed by atoms with E-state index >= 15 is 0 Å². The maximum Gasteiger partial charge on any atom is 0.0102 e. The molecule has 0 amide bonds. The number of rotatable bonds is 6. The number of hydrogen-bond donors (Lipinski definition) is 0. The molecule has 0 fully saturated rings. The van der Waals surface area contributed by atoms with Gasteiger partial charge in [-0.25, -0.2) is 0 Å². The van der Waals surface area contributed by atoms with Crippen molar-refractivity contribution in [2.24, 2.45) is 0 Å². The minimum atomic E-state index is 0.856. The molecular formula is C15H18. The lowest BCUT2D eigenvalue weighted by molar-refractivity contribution is 0.783. The van der Waals surface area contributed by atoms with Crippen molar-refractivity contribution in [3.8, 4) is 36.0 Å². The first kappa shape index (κ1) is 13.4. The minimum Gasteiger partial charge on any atom is -0.120 e. The molecule has 0 spiro atoms. The molecule has 0 heterocycles. The van der Waals surface area contributed by atoms with E-state index in [1.165, 1.54) is 0 Å². The SMILES string of the molecule is C#CCCCCC#CC#CCCCC=C. The monoisotopic (exact) mass is 198 g/mol. The summed E-state index contributed by atoms with van der Waals surface area (Å²) >= 11 is 0. The van der Waals surface area contributed by atoms with Crippen LogP contribution in [0.5, 0.6) is 0 Å². The van der Waals surface area contributed by atoms with Gasteiger partial charge < -0.3 is 0 Å². The molecule has 78 valence electrons. The summed E-state index contributed by atoms with van der Waals surface area (Å²) in [7, 11) is 0. The molecule has 0 radical (unpaired) electrons. The summed E-state index contributed by atoms with van der Waals surface area (Å²) in [4.78, 5) is 0. The van der Waals surface area contributed by atoms with E-state index in [9.17, 15) is 0 Å². The maximum atomic E-state index is 5.13. The summed E-state index contributed by atoms with van der Waals surface area (Å²) in [5.74, 6) is 14.4. The van der Waals surface area contributed by atoms with Crippen LogP contribution in [0.25, 0.3) is 0 Å². The van der Waals surface area contributed by atoms with Crippen molar-refractivity contribution in [2.45, 2.75) is 44.9 Å². The summed E-state index contributed by atoms with van der Waals surface area (Å²) in [6.07, 6.45) is 14.0. The molecule has 0 unspecified atom stereocenters. The second-order valence-electron chi connectivity index (χ2n) is 3.20. The Morgan fingerprint density at radius 1 is 0.933 bits per heavy atom. The van der Waals surface area contributed by atoms with E-state index in [1.54, 1.807) is 0 Å². The second-order valence-corrected chi connectivity index (χ2v) is 3.20. The standard InChI is InChI=1S/C15H18/c1-3-5-7-9-11-13-15-14-12-10-8-6-4-2/h1,4H,2,5-11H2. The lowest BCUT2D eigenvalue weighted by Gasteiger charge is -1.86. The average molecular weight is 198 g/mol. The van der Waals surface area contributed by atoms with Crippen LogP contribution in [0.4, 0.5) is 0 Å². The molecule has 0 saturated heterocycles. The van der Waals surface area contributed by atoms with Gasteiger partial charge in [-0.2, -0.15) is 0 Å². The number of unbranched alkanes of at least 4 members (excludes halogenated alkanes) is 5. The zero-order valence-corrected chi connectivity index (χ0v) is 9.31. The van der Waals surface area contributed by atoms with Crippen LogP contribution in [0.1, 0.15) is 44.9 Å². The topological polar surface area (TPSA) is 0 Å². The highest BCUT2D eigenvalue weighted by Gasteiger charge is 1.81. The third-order valence-electron chi connectivity index (χ3n) is 1.82. The molecular weight excluding hydrogens is 180 g/mol. The Morgan fingerprint density at radius 2 is 1.53 bits per heavy atom. The lowest BCUT2D eigenvalue weighted by atomic mass is 10.2. The Labute approximate surface area is 94.2 Å². The molecule has 0 heteroatoms. The van der Waals surface area contributed by atoms with Crippen LogP contribution in [0.15, 0.2) is 12.7 Å². The molecule has 0 aromatic rings. The average Bonchev–Trinajstić information content (AvgIpc) is 2.26. The van der Waals surface area contributed by atoms with Crippen LogP contribution in [-0.2, 0) is 0 Å². The van der Waals surface area contributed by atoms with Crippen molar-refractivity contribution in [3.05, 3.63) is 12.7 Å². The van der Waals surface area contributed by atoms with Crippen molar-refractivity contribution >= 4 is 0 Å². The fraction of sp³-hybridized carbons (Fsp3) is 0.467. The Kier molecular flexibility index (Phi) is 11.1. The smallest absolute Gasteiger partial charge is 0.0102 e. The molecule has 0 nitrogen and oxygen atoms in total. The van der Waals surface area contributed by atoms with Gasteiger partial charge in [0.05, 0.1) is 0 Å². The van der Waals surface area contributed by atoms with Gasteiger partial charge in [0.25, 0.3) is 0 Å². The Balaban J connectivity index is 3.36. The van der Waals surface area contributed by atoms with Gasteiger partial charge in [-0.15, -0.1) is 18.9 Å². The van der Waals surface area contributed by atoms with Gasteiger partial charge in [0.15, 0.2) is 0 Å². The molecule has 15 heavy (non-hydrogen) atoms. The van der Waals surface area contributed by atoms with Crippen LogP contribution >= 0.6 is 0 Å². The molecule has 0 aliphatic heterocycles. The molecule has 0 saturated carbocycles. The fourth-order valence-corrected chi connectivity index (χ4v) is 0.989. The first-order valence-electron chi connectivity index (χ1n) is 5.42. The highest BCUT2D eigenvalue weighted by Crippen LogP contribution is 1.96. The highest BCUT2D eigenvalue weighted by atomic mass is 13.9. The number of allylic oxidation sites excluding steroid dienone is 1. The molecule has 0 atom stereocenters. The van der Waals surface area contributed by atoms with E-state index in [0.717, 1.165) is 44.9 Å². The van der Waals surface area contributed by atoms with E-state index in [0.29, 0.717) is 0 Å². The van der Waals surface area contributed by atoms with Crippen molar-refractivity contribution in [2.75, 3.05) is 0 Å². The first-order valence-corrected chi connectivity index (χ1v) is 5.42. The van der Waals surface area contributed by atoms with E-state index in [2.05, 4.69) is 36.2 Å². The zero-order valence-electron chi connectivity index (χ0n) is 9.31. The van der Waals surface area contributed by atoms with Crippen LogP contribution < -0.4 is 0 Å². The fourth-order valence-electron chi connectivity index (χ4n) is 0.989. The largest absolute Gasteiger partial charge is 0.120 e. The predicted octanol–water partition coefficient (Wildman–Crippen LogP) is 3.54. The second kappa shape index (κ2) is 12.4. The summed E-state index contributed by atoms with van der Waals surface area (Å²) in [6, 6.07) is 0. The normalized spacial score (nSPS) is 7.67. The molecule has 0 aromatic carbocycles.